The molecule has 0 aliphatic carbocycles. The van der Waals surface area contributed by atoms with E-state index in [4.69, 9.17) is 0 Å². The summed E-state index contributed by atoms with van der Waals surface area (Å²) in [5.41, 5.74) is 0.945. The molecule has 0 spiro atoms. The predicted molar refractivity (Wildman–Crippen MR) is 75.1 cm³/mol. The van der Waals surface area contributed by atoms with Crippen LogP contribution in [0.15, 0.2) is 30.6 Å². The molecule has 0 atom stereocenters. The number of rotatable bonds is 4. The Kier molecular flexibility index (Phi) is 4.30. The fourth-order valence-electron chi connectivity index (χ4n) is 1.88. The molecule has 1 aromatic heterocycles. The summed E-state index contributed by atoms with van der Waals surface area (Å²) in [7, 11) is 1.76. The molecule has 7 heteroatoms. The van der Waals surface area contributed by atoms with Crippen molar-refractivity contribution in [3.63, 3.8) is 0 Å². The van der Waals surface area contributed by atoms with Gasteiger partial charge in [0.05, 0.1) is 5.56 Å². The Bertz CT molecular complexity index is 609. The fourth-order valence-corrected chi connectivity index (χ4v) is 1.88. The van der Waals surface area contributed by atoms with Crippen molar-refractivity contribution >= 4 is 11.6 Å². The lowest BCUT2D eigenvalue weighted by molar-refractivity contribution is -0.137. The molecule has 0 bridgehead atoms. The van der Waals surface area contributed by atoms with Crippen LogP contribution in [0.3, 0.4) is 0 Å². The minimum atomic E-state index is -4.31. The first-order chi connectivity index (χ1) is 9.91. The molecule has 2 rings (SSSR count). The highest BCUT2D eigenvalue weighted by atomic mass is 19.4. The van der Waals surface area contributed by atoms with E-state index in [0.29, 0.717) is 18.2 Å². The summed E-state index contributed by atoms with van der Waals surface area (Å²) in [6.45, 7) is 2.25. The third-order valence-corrected chi connectivity index (χ3v) is 3.06. The minimum absolute atomic E-state index is 0.388. The maximum atomic E-state index is 12.5. The maximum Gasteiger partial charge on any atom is 0.416 e. The first-order valence-corrected chi connectivity index (χ1v) is 6.31. The van der Waals surface area contributed by atoms with E-state index in [-0.39, 0.29) is 0 Å². The Morgan fingerprint density at radius 1 is 1.05 bits per heavy atom. The van der Waals surface area contributed by atoms with E-state index in [9.17, 15) is 13.2 Å². The number of aromatic nitrogens is 2. The Morgan fingerprint density at radius 2 is 1.67 bits per heavy atom. The maximum absolute atomic E-state index is 12.5. The predicted octanol–water partition coefficient (Wildman–Crippen LogP) is 3.46. The summed E-state index contributed by atoms with van der Waals surface area (Å²) in [5, 5.41) is 6.03. The number of benzene rings is 1. The van der Waals surface area contributed by atoms with Gasteiger partial charge in [0.15, 0.2) is 0 Å². The normalized spacial score (nSPS) is 11.3. The molecular weight excluding hydrogens is 281 g/mol. The van der Waals surface area contributed by atoms with Gasteiger partial charge < -0.3 is 10.6 Å². The SMILES string of the molecule is CNc1ncnc(NCc2ccc(C(F)(F)F)cc2)c1C. The van der Waals surface area contributed by atoms with Gasteiger partial charge in [-0.1, -0.05) is 12.1 Å². The largest absolute Gasteiger partial charge is 0.416 e. The van der Waals surface area contributed by atoms with Crippen LogP contribution < -0.4 is 10.6 Å². The van der Waals surface area contributed by atoms with Crippen LogP contribution in [0.5, 0.6) is 0 Å². The zero-order chi connectivity index (χ0) is 15.5. The van der Waals surface area contributed by atoms with Crippen LogP contribution in [0, 0.1) is 6.92 Å². The lowest BCUT2D eigenvalue weighted by atomic mass is 10.1. The molecule has 112 valence electrons. The second kappa shape index (κ2) is 5.99. The molecule has 1 heterocycles. The standard InChI is InChI=1S/C14H15F3N4/c1-9-12(18-2)20-8-21-13(9)19-7-10-3-5-11(6-4-10)14(15,16)17/h3-6,8H,7H2,1-2H3,(H2,18,19,20,21). The lowest BCUT2D eigenvalue weighted by Gasteiger charge is -2.12. The number of hydrogen-bond acceptors (Lipinski definition) is 4. The molecule has 0 saturated heterocycles. The van der Waals surface area contributed by atoms with Gasteiger partial charge >= 0.3 is 6.18 Å². The number of halogens is 3. The smallest absolute Gasteiger partial charge is 0.373 e. The highest BCUT2D eigenvalue weighted by Gasteiger charge is 2.29. The van der Waals surface area contributed by atoms with E-state index in [1.165, 1.54) is 18.5 Å². The number of alkyl halides is 3. The lowest BCUT2D eigenvalue weighted by Crippen LogP contribution is -2.07. The highest BCUT2D eigenvalue weighted by Crippen LogP contribution is 2.29. The second-order valence-corrected chi connectivity index (χ2v) is 4.49. The molecule has 0 unspecified atom stereocenters. The van der Waals surface area contributed by atoms with E-state index >= 15 is 0 Å². The summed E-state index contributed by atoms with van der Waals surface area (Å²) in [5.74, 6) is 1.36. The molecule has 2 aromatic rings. The molecule has 0 aliphatic heterocycles. The number of hydrogen-bond donors (Lipinski definition) is 2. The van der Waals surface area contributed by atoms with Crippen molar-refractivity contribution in [1.82, 2.24) is 9.97 Å². The zero-order valence-corrected chi connectivity index (χ0v) is 11.6. The monoisotopic (exact) mass is 296 g/mol. The summed E-state index contributed by atoms with van der Waals surface area (Å²) in [6.07, 6.45) is -2.88. The third-order valence-electron chi connectivity index (χ3n) is 3.06. The Labute approximate surface area is 120 Å². The van der Waals surface area contributed by atoms with Crippen molar-refractivity contribution in [2.45, 2.75) is 19.6 Å². The van der Waals surface area contributed by atoms with E-state index in [0.717, 1.165) is 23.3 Å². The van der Waals surface area contributed by atoms with Gasteiger partial charge in [0, 0.05) is 19.2 Å². The van der Waals surface area contributed by atoms with E-state index < -0.39 is 11.7 Å². The van der Waals surface area contributed by atoms with Crippen LogP contribution in [-0.4, -0.2) is 17.0 Å². The molecular formula is C14H15F3N4. The van der Waals surface area contributed by atoms with Crippen molar-refractivity contribution < 1.29 is 13.2 Å². The molecule has 2 N–H and O–H groups in total. The van der Waals surface area contributed by atoms with E-state index in [2.05, 4.69) is 20.6 Å². The van der Waals surface area contributed by atoms with Gasteiger partial charge in [-0.05, 0) is 24.6 Å². The summed E-state index contributed by atoms with van der Waals surface area (Å²) < 4.78 is 37.4. The summed E-state index contributed by atoms with van der Waals surface area (Å²) >= 11 is 0. The second-order valence-electron chi connectivity index (χ2n) is 4.49. The molecule has 0 radical (unpaired) electrons. The fraction of sp³-hybridized carbons (Fsp3) is 0.286. The van der Waals surface area contributed by atoms with Gasteiger partial charge in [-0.3, -0.25) is 0 Å². The topological polar surface area (TPSA) is 49.8 Å². The van der Waals surface area contributed by atoms with Crippen LogP contribution in [0.4, 0.5) is 24.8 Å². The minimum Gasteiger partial charge on any atom is -0.373 e. The van der Waals surface area contributed by atoms with E-state index in [1.54, 1.807) is 7.05 Å². The van der Waals surface area contributed by atoms with Gasteiger partial charge in [-0.2, -0.15) is 13.2 Å². The van der Waals surface area contributed by atoms with E-state index in [1.807, 2.05) is 6.92 Å². The van der Waals surface area contributed by atoms with Gasteiger partial charge in [0.2, 0.25) is 0 Å². The molecule has 4 nitrogen and oxygen atoms in total. The highest BCUT2D eigenvalue weighted by molar-refractivity contribution is 5.56. The van der Waals surface area contributed by atoms with Crippen LogP contribution in [-0.2, 0) is 12.7 Å². The van der Waals surface area contributed by atoms with Crippen molar-refractivity contribution in [3.8, 4) is 0 Å². The third kappa shape index (κ3) is 3.62. The van der Waals surface area contributed by atoms with Crippen LogP contribution in [0.1, 0.15) is 16.7 Å². The Balaban J connectivity index is 2.07. The van der Waals surface area contributed by atoms with Crippen LogP contribution in [0.2, 0.25) is 0 Å². The quantitative estimate of drug-likeness (QED) is 0.907. The molecule has 0 aliphatic rings. The van der Waals surface area contributed by atoms with Gasteiger partial charge in [-0.25, -0.2) is 9.97 Å². The van der Waals surface area contributed by atoms with Gasteiger partial charge in [-0.15, -0.1) is 0 Å². The first kappa shape index (κ1) is 15.1. The summed E-state index contributed by atoms with van der Waals surface area (Å²) in [6, 6.07) is 5.04. The first-order valence-electron chi connectivity index (χ1n) is 6.31. The molecule has 0 fully saturated rings. The van der Waals surface area contributed by atoms with Crippen molar-refractivity contribution in [2.24, 2.45) is 0 Å². The number of nitrogens with zero attached hydrogens (tertiary/aromatic N) is 2. The molecule has 0 saturated carbocycles. The molecule has 0 amide bonds. The van der Waals surface area contributed by atoms with Crippen molar-refractivity contribution in [1.29, 1.82) is 0 Å². The number of anilines is 2. The Morgan fingerprint density at radius 3 is 2.24 bits per heavy atom. The Hall–Kier alpha value is -2.31. The molecule has 1 aromatic carbocycles. The van der Waals surface area contributed by atoms with Gasteiger partial charge in [0.25, 0.3) is 0 Å². The van der Waals surface area contributed by atoms with Crippen molar-refractivity contribution in [2.75, 3.05) is 17.7 Å². The average Bonchev–Trinajstić information content (AvgIpc) is 2.46. The van der Waals surface area contributed by atoms with Gasteiger partial charge in [0.1, 0.15) is 18.0 Å². The average molecular weight is 296 g/mol. The number of nitrogens with one attached hydrogen (secondary N) is 2. The molecule has 21 heavy (non-hydrogen) atoms. The van der Waals surface area contributed by atoms with Crippen LogP contribution >= 0.6 is 0 Å². The summed E-state index contributed by atoms with van der Waals surface area (Å²) in [4.78, 5) is 8.18. The van der Waals surface area contributed by atoms with Crippen LogP contribution in [0.25, 0.3) is 0 Å². The van der Waals surface area contributed by atoms with Crippen molar-refractivity contribution in [3.05, 3.63) is 47.3 Å². The zero-order valence-electron chi connectivity index (χ0n) is 11.6.